The maximum Gasteiger partial charge on any atom is 0.411 e. The zero-order valence-corrected chi connectivity index (χ0v) is 26.0. The van der Waals surface area contributed by atoms with Gasteiger partial charge >= 0.3 is 12.1 Å². The second-order valence-electron chi connectivity index (χ2n) is 11.7. The van der Waals surface area contributed by atoms with E-state index in [0.717, 1.165) is 42.3 Å². The largest absolute Gasteiger partial charge is 0.492 e. The van der Waals surface area contributed by atoms with E-state index in [1.54, 1.807) is 41.4 Å². The Labute approximate surface area is 261 Å². The third-order valence-electron chi connectivity index (χ3n) is 7.53. The molecule has 11 heteroatoms. The summed E-state index contributed by atoms with van der Waals surface area (Å²) in [7, 11) is 2.73. The monoisotopic (exact) mass is 611 g/mol. The minimum absolute atomic E-state index is 0.105. The number of carbonyl (C=O) groups is 3. The topological polar surface area (TPSA) is 131 Å². The SMILES string of the molecule is COC(=O)Nc1cc(C(C)(C)C)cc(NC(=O)Nc2ccc(Oc3ccnc(C(=O)N4CCCC4)c3)c3ccccc23)c1OC. The first kappa shape index (κ1) is 31.1. The van der Waals surface area contributed by atoms with Crippen LogP contribution in [0.25, 0.3) is 10.8 Å². The number of pyridine rings is 1. The molecule has 1 aromatic heterocycles. The number of benzene rings is 3. The molecule has 1 fully saturated rings. The first-order valence-electron chi connectivity index (χ1n) is 14.7. The number of fused-ring (bicyclic) bond motifs is 1. The van der Waals surface area contributed by atoms with Crippen molar-refractivity contribution in [3.8, 4) is 17.2 Å². The van der Waals surface area contributed by atoms with Crippen molar-refractivity contribution in [2.45, 2.75) is 39.0 Å². The van der Waals surface area contributed by atoms with Crippen molar-refractivity contribution in [3.63, 3.8) is 0 Å². The predicted octanol–water partition coefficient (Wildman–Crippen LogP) is 7.39. The van der Waals surface area contributed by atoms with E-state index >= 15 is 0 Å². The number of carbonyl (C=O) groups excluding carboxylic acids is 3. The smallest absolute Gasteiger partial charge is 0.411 e. The van der Waals surface area contributed by atoms with E-state index in [1.807, 2.05) is 51.1 Å². The van der Waals surface area contributed by atoms with Gasteiger partial charge in [0.15, 0.2) is 5.75 Å². The number of nitrogens with zero attached hydrogens (tertiary/aromatic N) is 2. The lowest BCUT2D eigenvalue weighted by atomic mass is 9.86. The van der Waals surface area contributed by atoms with Crippen LogP contribution >= 0.6 is 0 Å². The molecule has 0 aliphatic carbocycles. The van der Waals surface area contributed by atoms with Crippen molar-refractivity contribution in [3.05, 3.63) is 78.1 Å². The number of amides is 4. The van der Waals surface area contributed by atoms with Gasteiger partial charge in [-0.25, -0.2) is 9.59 Å². The van der Waals surface area contributed by atoms with E-state index < -0.39 is 12.1 Å². The molecule has 0 saturated carbocycles. The molecule has 1 saturated heterocycles. The van der Waals surface area contributed by atoms with Crippen LogP contribution in [0.15, 0.2) is 66.9 Å². The Balaban J connectivity index is 1.40. The Morgan fingerprint density at radius 3 is 2.16 bits per heavy atom. The van der Waals surface area contributed by atoms with Crippen LogP contribution < -0.4 is 25.4 Å². The van der Waals surface area contributed by atoms with Crippen LogP contribution in [0.3, 0.4) is 0 Å². The molecular formula is C34H37N5O6. The van der Waals surface area contributed by atoms with E-state index in [1.165, 1.54) is 14.2 Å². The van der Waals surface area contributed by atoms with Gasteiger partial charge in [0.05, 0.1) is 31.3 Å². The van der Waals surface area contributed by atoms with Gasteiger partial charge in [-0.15, -0.1) is 0 Å². The Hall–Kier alpha value is -5.32. The summed E-state index contributed by atoms with van der Waals surface area (Å²) in [6.07, 6.45) is 2.90. The zero-order chi connectivity index (χ0) is 32.1. The minimum atomic E-state index is -0.662. The highest BCUT2D eigenvalue weighted by molar-refractivity contribution is 6.08. The van der Waals surface area contributed by atoms with Crippen LogP contribution in [-0.4, -0.2) is 55.2 Å². The Morgan fingerprint density at radius 2 is 1.49 bits per heavy atom. The number of urea groups is 1. The Bertz CT molecular complexity index is 1740. The van der Waals surface area contributed by atoms with Crippen molar-refractivity contribution < 1.29 is 28.6 Å². The number of rotatable bonds is 7. The molecule has 4 aromatic rings. The molecular weight excluding hydrogens is 574 g/mol. The fraction of sp³-hybridized carbons (Fsp3) is 0.294. The quantitative estimate of drug-likeness (QED) is 0.199. The highest BCUT2D eigenvalue weighted by Gasteiger charge is 2.23. The van der Waals surface area contributed by atoms with Gasteiger partial charge in [-0.2, -0.15) is 0 Å². The van der Waals surface area contributed by atoms with E-state index in [9.17, 15) is 14.4 Å². The fourth-order valence-electron chi connectivity index (χ4n) is 5.17. The summed E-state index contributed by atoms with van der Waals surface area (Å²) in [6.45, 7) is 7.54. The lowest BCUT2D eigenvalue weighted by Gasteiger charge is -2.24. The van der Waals surface area contributed by atoms with E-state index in [0.29, 0.717) is 34.3 Å². The molecule has 3 aromatic carbocycles. The molecule has 3 N–H and O–H groups in total. The first-order valence-corrected chi connectivity index (χ1v) is 14.7. The number of nitrogens with one attached hydrogen (secondary N) is 3. The molecule has 0 unspecified atom stereocenters. The Kier molecular flexibility index (Phi) is 9.08. The average molecular weight is 612 g/mol. The van der Waals surface area contributed by atoms with Gasteiger partial charge < -0.3 is 29.7 Å². The van der Waals surface area contributed by atoms with Crippen molar-refractivity contribution in [1.82, 2.24) is 9.88 Å². The van der Waals surface area contributed by atoms with E-state index in [-0.39, 0.29) is 17.1 Å². The molecule has 0 radical (unpaired) electrons. The van der Waals surface area contributed by atoms with Crippen LogP contribution in [0.4, 0.5) is 26.7 Å². The molecule has 45 heavy (non-hydrogen) atoms. The van der Waals surface area contributed by atoms with Gasteiger partial charge in [-0.1, -0.05) is 45.0 Å². The highest BCUT2D eigenvalue weighted by Crippen LogP contribution is 2.39. The molecule has 234 valence electrons. The van der Waals surface area contributed by atoms with Gasteiger partial charge in [-0.3, -0.25) is 15.1 Å². The molecule has 4 amide bonds. The second-order valence-corrected chi connectivity index (χ2v) is 11.7. The van der Waals surface area contributed by atoms with Crippen LogP contribution in [0.5, 0.6) is 17.2 Å². The third-order valence-corrected chi connectivity index (χ3v) is 7.53. The number of hydrogen-bond acceptors (Lipinski definition) is 7. The van der Waals surface area contributed by atoms with Crippen molar-refractivity contribution in [1.29, 1.82) is 0 Å². The third kappa shape index (κ3) is 7.09. The predicted molar refractivity (Wildman–Crippen MR) is 174 cm³/mol. The van der Waals surface area contributed by atoms with Crippen LogP contribution in [0.1, 0.15) is 49.7 Å². The van der Waals surface area contributed by atoms with Gasteiger partial charge in [-0.05, 0) is 54.2 Å². The number of methoxy groups -OCH3 is 2. The molecule has 2 heterocycles. The molecule has 1 aliphatic rings. The van der Waals surface area contributed by atoms with Gasteiger partial charge in [0.25, 0.3) is 5.91 Å². The molecule has 0 bridgehead atoms. The number of ether oxygens (including phenoxy) is 3. The summed E-state index contributed by atoms with van der Waals surface area (Å²) in [4.78, 5) is 44.3. The maximum absolute atomic E-state index is 13.4. The van der Waals surface area contributed by atoms with Crippen LogP contribution in [0.2, 0.25) is 0 Å². The summed E-state index contributed by atoms with van der Waals surface area (Å²) in [5, 5.41) is 9.97. The fourth-order valence-corrected chi connectivity index (χ4v) is 5.17. The lowest BCUT2D eigenvalue weighted by Crippen LogP contribution is -2.28. The molecule has 11 nitrogen and oxygen atoms in total. The van der Waals surface area contributed by atoms with E-state index in [2.05, 4.69) is 20.9 Å². The molecule has 1 aliphatic heterocycles. The number of aromatic nitrogens is 1. The molecule has 5 rings (SSSR count). The highest BCUT2D eigenvalue weighted by atomic mass is 16.5. The van der Waals surface area contributed by atoms with Crippen molar-refractivity contribution >= 4 is 45.9 Å². The summed E-state index contributed by atoms with van der Waals surface area (Å²) in [5.74, 6) is 1.21. The Morgan fingerprint density at radius 1 is 0.822 bits per heavy atom. The number of hydrogen-bond donors (Lipinski definition) is 3. The summed E-state index contributed by atoms with van der Waals surface area (Å²) >= 11 is 0. The second kappa shape index (κ2) is 13.1. The van der Waals surface area contributed by atoms with Gasteiger partial charge in [0.2, 0.25) is 0 Å². The minimum Gasteiger partial charge on any atom is -0.492 e. The molecule has 0 atom stereocenters. The number of anilines is 3. The normalized spacial score (nSPS) is 12.9. The summed E-state index contributed by atoms with van der Waals surface area (Å²) in [5.41, 5.74) is 2.18. The zero-order valence-electron chi connectivity index (χ0n) is 26.0. The van der Waals surface area contributed by atoms with E-state index in [4.69, 9.17) is 14.2 Å². The van der Waals surface area contributed by atoms with Gasteiger partial charge in [0.1, 0.15) is 17.2 Å². The standard InChI is InChI=1S/C34H37N5O6/c1-34(2,3)21-18-26(30(43-4)27(19-21)38-33(42)44-5)37-32(41)36-25-12-13-29(24-11-7-6-10-23(24)25)45-22-14-15-35-28(20-22)31(40)39-16-8-9-17-39/h6-7,10-15,18-20H,8-9,16-17H2,1-5H3,(H,38,42)(H2,36,37,41). The average Bonchev–Trinajstić information content (AvgIpc) is 3.57. The summed E-state index contributed by atoms with van der Waals surface area (Å²) in [6, 6.07) is 17.5. The number of likely N-dealkylation sites (tertiary alicyclic amines) is 1. The van der Waals surface area contributed by atoms with Crippen molar-refractivity contribution in [2.24, 2.45) is 0 Å². The van der Waals surface area contributed by atoms with Crippen molar-refractivity contribution in [2.75, 3.05) is 43.3 Å². The summed E-state index contributed by atoms with van der Waals surface area (Å²) < 4.78 is 16.6. The van der Waals surface area contributed by atoms with Crippen LogP contribution in [0, 0.1) is 0 Å². The molecule has 0 spiro atoms. The van der Waals surface area contributed by atoms with Crippen LogP contribution in [-0.2, 0) is 10.2 Å². The first-order chi connectivity index (χ1) is 21.6. The maximum atomic E-state index is 13.4. The van der Waals surface area contributed by atoms with Gasteiger partial charge in [0, 0.05) is 36.1 Å². The lowest BCUT2D eigenvalue weighted by molar-refractivity contribution is 0.0786.